The first-order chi connectivity index (χ1) is 15.5. The highest BCUT2D eigenvalue weighted by Gasteiger charge is 2.21. The van der Waals surface area contributed by atoms with Crippen LogP contribution in [-0.2, 0) is 20.0 Å². The van der Waals surface area contributed by atoms with Gasteiger partial charge >= 0.3 is 0 Å². The predicted molar refractivity (Wildman–Crippen MR) is 123 cm³/mol. The number of sulfonamides is 2. The predicted octanol–water partition coefficient (Wildman–Crippen LogP) is 2.40. The van der Waals surface area contributed by atoms with E-state index < -0.39 is 26.0 Å². The van der Waals surface area contributed by atoms with Gasteiger partial charge < -0.3 is 14.8 Å². The molecule has 0 saturated heterocycles. The second-order valence-corrected chi connectivity index (χ2v) is 9.94. The van der Waals surface area contributed by atoms with Crippen LogP contribution in [0.25, 0.3) is 0 Å². The Morgan fingerprint density at radius 2 is 1.52 bits per heavy atom. The summed E-state index contributed by atoms with van der Waals surface area (Å²) in [6.45, 7) is 0. The van der Waals surface area contributed by atoms with Crippen LogP contribution < -0.4 is 24.7 Å². The van der Waals surface area contributed by atoms with E-state index in [2.05, 4.69) is 10.0 Å². The molecule has 0 radical (unpaired) electrons. The molecule has 3 aromatic rings. The number of amides is 1. The molecule has 10 nitrogen and oxygen atoms in total. The largest absolute Gasteiger partial charge is 0.497 e. The van der Waals surface area contributed by atoms with Crippen LogP contribution in [0.1, 0.15) is 10.4 Å². The zero-order chi connectivity index (χ0) is 24.2. The third-order valence-electron chi connectivity index (χ3n) is 4.52. The molecule has 4 N–H and O–H groups in total. The minimum Gasteiger partial charge on any atom is -0.497 e. The van der Waals surface area contributed by atoms with Gasteiger partial charge in [-0.15, -0.1) is 0 Å². The molecule has 0 saturated carbocycles. The summed E-state index contributed by atoms with van der Waals surface area (Å²) in [6.07, 6.45) is 0. The van der Waals surface area contributed by atoms with Crippen molar-refractivity contribution in [1.29, 1.82) is 0 Å². The van der Waals surface area contributed by atoms with Gasteiger partial charge in [0.1, 0.15) is 11.5 Å². The number of hydrogen-bond acceptors (Lipinski definition) is 7. The number of carbonyl (C=O) groups excluding carboxylic acids is 1. The number of nitrogens with one attached hydrogen (secondary N) is 2. The van der Waals surface area contributed by atoms with E-state index in [-0.39, 0.29) is 21.0 Å². The number of para-hydroxylation sites is 1. The van der Waals surface area contributed by atoms with E-state index in [1.54, 1.807) is 30.3 Å². The summed E-state index contributed by atoms with van der Waals surface area (Å²) in [5, 5.41) is 7.76. The molecule has 0 heterocycles. The van der Waals surface area contributed by atoms with Gasteiger partial charge in [-0.1, -0.05) is 18.2 Å². The van der Waals surface area contributed by atoms with E-state index in [1.807, 2.05) is 0 Å². The van der Waals surface area contributed by atoms with Gasteiger partial charge in [0.2, 0.25) is 10.0 Å². The van der Waals surface area contributed by atoms with Crippen LogP contribution in [0, 0.1) is 0 Å². The van der Waals surface area contributed by atoms with E-state index in [0.717, 1.165) is 6.07 Å². The molecule has 12 heteroatoms. The SMILES string of the molecule is COc1ccc(NC(=O)c2ccccc2NS(=O)(=O)c2cccc(S(N)(=O)=O)c2)c(OC)c1. The summed E-state index contributed by atoms with van der Waals surface area (Å²) in [7, 11) is -5.41. The number of methoxy groups -OCH3 is 2. The number of ether oxygens (including phenoxy) is 2. The van der Waals surface area contributed by atoms with E-state index >= 15 is 0 Å². The van der Waals surface area contributed by atoms with Gasteiger partial charge in [0, 0.05) is 6.07 Å². The quantitative estimate of drug-likeness (QED) is 0.437. The van der Waals surface area contributed by atoms with Crippen molar-refractivity contribution in [2.45, 2.75) is 9.79 Å². The van der Waals surface area contributed by atoms with Crippen molar-refractivity contribution in [3.63, 3.8) is 0 Å². The average molecular weight is 492 g/mol. The lowest BCUT2D eigenvalue weighted by molar-refractivity contribution is 0.102. The number of primary sulfonamides is 1. The summed E-state index contributed by atoms with van der Waals surface area (Å²) < 4.78 is 61.6. The minimum absolute atomic E-state index is 0.0107. The molecular formula is C21H21N3O7S2. The highest BCUT2D eigenvalue weighted by molar-refractivity contribution is 7.93. The topological polar surface area (TPSA) is 154 Å². The first-order valence-electron chi connectivity index (χ1n) is 9.33. The number of rotatable bonds is 8. The van der Waals surface area contributed by atoms with Gasteiger partial charge in [-0.2, -0.15) is 0 Å². The Hall–Kier alpha value is -3.61. The molecule has 0 aromatic heterocycles. The minimum atomic E-state index is -4.24. The smallest absolute Gasteiger partial charge is 0.261 e. The van der Waals surface area contributed by atoms with Gasteiger partial charge in [0.25, 0.3) is 15.9 Å². The molecule has 0 aliphatic heterocycles. The van der Waals surface area contributed by atoms with Gasteiger partial charge in [-0.05, 0) is 42.5 Å². The third-order valence-corrected chi connectivity index (χ3v) is 6.79. The second kappa shape index (κ2) is 9.48. The van der Waals surface area contributed by atoms with Gasteiger partial charge in [0.05, 0.1) is 40.9 Å². The normalized spacial score (nSPS) is 11.5. The molecule has 0 atom stereocenters. The molecule has 1 amide bonds. The summed E-state index contributed by atoms with van der Waals surface area (Å²) >= 11 is 0. The molecule has 33 heavy (non-hydrogen) atoms. The summed E-state index contributed by atoms with van der Waals surface area (Å²) in [6, 6.07) is 15.3. The maximum Gasteiger partial charge on any atom is 0.261 e. The standard InChI is InChI=1S/C21H21N3O7S2/c1-30-14-10-11-19(20(12-14)31-2)23-21(25)17-8-3-4-9-18(17)24-33(28,29)16-7-5-6-15(13-16)32(22,26)27/h3-13,24H,1-2H3,(H,23,25)(H2,22,26,27). The zero-order valence-corrected chi connectivity index (χ0v) is 19.2. The Kier molecular flexibility index (Phi) is 6.91. The van der Waals surface area contributed by atoms with Crippen LogP contribution in [-0.4, -0.2) is 37.0 Å². The van der Waals surface area contributed by atoms with Crippen LogP contribution in [0.15, 0.2) is 76.5 Å². The van der Waals surface area contributed by atoms with Gasteiger partial charge in [-0.25, -0.2) is 22.0 Å². The number of hydrogen-bond donors (Lipinski definition) is 3. The molecule has 3 rings (SSSR count). The van der Waals surface area contributed by atoms with Crippen molar-refractivity contribution in [3.05, 3.63) is 72.3 Å². The van der Waals surface area contributed by atoms with E-state index in [4.69, 9.17) is 14.6 Å². The lowest BCUT2D eigenvalue weighted by atomic mass is 10.1. The average Bonchev–Trinajstić information content (AvgIpc) is 2.79. The number of anilines is 2. The summed E-state index contributed by atoms with van der Waals surface area (Å²) in [4.78, 5) is 12.2. The van der Waals surface area contributed by atoms with Crippen molar-refractivity contribution in [1.82, 2.24) is 0 Å². The number of carbonyl (C=O) groups is 1. The molecule has 3 aromatic carbocycles. The Bertz CT molecular complexity index is 1400. The Morgan fingerprint density at radius 3 is 2.18 bits per heavy atom. The van der Waals surface area contributed by atoms with Crippen LogP contribution in [0.4, 0.5) is 11.4 Å². The first-order valence-corrected chi connectivity index (χ1v) is 12.4. The molecule has 0 fully saturated rings. The molecule has 0 aliphatic rings. The maximum absolute atomic E-state index is 12.9. The summed E-state index contributed by atoms with van der Waals surface area (Å²) in [5.41, 5.74) is 0.367. The van der Waals surface area contributed by atoms with Crippen molar-refractivity contribution in [2.24, 2.45) is 5.14 Å². The van der Waals surface area contributed by atoms with E-state index in [9.17, 15) is 21.6 Å². The molecule has 0 unspecified atom stereocenters. The van der Waals surface area contributed by atoms with Gasteiger partial charge in [-0.3, -0.25) is 9.52 Å². The van der Waals surface area contributed by atoms with Crippen molar-refractivity contribution < 1.29 is 31.1 Å². The molecule has 0 bridgehead atoms. The van der Waals surface area contributed by atoms with Crippen LogP contribution in [0.3, 0.4) is 0 Å². The number of nitrogens with two attached hydrogens (primary N) is 1. The Balaban J connectivity index is 1.92. The van der Waals surface area contributed by atoms with Crippen LogP contribution in [0.5, 0.6) is 11.5 Å². The monoisotopic (exact) mass is 491 g/mol. The molecular weight excluding hydrogens is 470 g/mol. The van der Waals surface area contributed by atoms with Crippen LogP contribution in [0.2, 0.25) is 0 Å². The van der Waals surface area contributed by atoms with Crippen molar-refractivity contribution in [2.75, 3.05) is 24.3 Å². The lowest BCUT2D eigenvalue weighted by Gasteiger charge is -2.15. The Morgan fingerprint density at radius 1 is 0.818 bits per heavy atom. The molecule has 0 aliphatic carbocycles. The molecule has 174 valence electrons. The molecule has 0 spiro atoms. The van der Waals surface area contributed by atoms with Gasteiger partial charge in [0.15, 0.2) is 0 Å². The van der Waals surface area contributed by atoms with E-state index in [1.165, 1.54) is 44.6 Å². The van der Waals surface area contributed by atoms with Crippen molar-refractivity contribution >= 4 is 37.3 Å². The highest BCUT2D eigenvalue weighted by atomic mass is 32.2. The highest BCUT2D eigenvalue weighted by Crippen LogP contribution is 2.30. The maximum atomic E-state index is 12.9. The van der Waals surface area contributed by atoms with E-state index in [0.29, 0.717) is 17.2 Å². The fourth-order valence-electron chi connectivity index (χ4n) is 2.88. The fourth-order valence-corrected chi connectivity index (χ4v) is 4.64. The third kappa shape index (κ3) is 5.61. The lowest BCUT2D eigenvalue weighted by Crippen LogP contribution is -2.19. The summed E-state index contributed by atoms with van der Waals surface area (Å²) in [5.74, 6) is 0.273. The fraction of sp³-hybridized carbons (Fsp3) is 0.0952. The second-order valence-electron chi connectivity index (χ2n) is 6.69. The zero-order valence-electron chi connectivity index (χ0n) is 17.6. The Labute approximate surface area is 191 Å². The van der Waals surface area contributed by atoms with Crippen molar-refractivity contribution in [3.8, 4) is 11.5 Å². The van der Waals surface area contributed by atoms with Crippen LogP contribution >= 0.6 is 0 Å². The first kappa shape index (κ1) is 24.0. The number of benzene rings is 3.